The fraction of sp³-hybridized carbons (Fsp3) is 0.545. The lowest BCUT2D eigenvalue weighted by atomic mass is 9.55. The van der Waals surface area contributed by atoms with Crippen molar-refractivity contribution < 1.29 is 43.7 Å². The summed E-state index contributed by atoms with van der Waals surface area (Å²) in [5.41, 5.74) is 3.19. The third kappa shape index (κ3) is 9.91. The van der Waals surface area contributed by atoms with E-state index in [0.29, 0.717) is 42.9 Å². The summed E-state index contributed by atoms with van der Waals surface area (Å²) in [6, 6.07) is 11.4. The third-order valence-corrected chi connectivity index (χ3v) is 11.7. The average molecular weight is 803 g/mol. The minimum absolute atomic E-state index is 0.0184. The summed E-state index contributed by atoms with van der Waals surface area (Å²) in [7, 11) is 1.68. The van der Waals surface area contributed by atoms with Crippen molar-refractivity contribution in [2.75, 3.05) is 59.7 Å². The normalized spacial score (nSPS) is 25.1. The van der Waals surface area contributed by atoms with Gasteiger partial charge in [-0.15, -0.1) is 13.2 Å². The maximum absolute atomic E-state index is 13.9. The number of carbonyl (C=O) groups excluding carboxylic acids is 1. The van der Waals surface area contributed by atoms with Gasteiger partial charge in [-0.1, -0.05) is 36.2 Å². The quantitative estimate of drug-likeness (QED) is 0.0401. The number of carbonyl (C=O) groups is 1. The lowest BCUT2D eigenvalue weighted by molar-refractivity contribution is -0.384. The van der Waals surface area contributed by atoms with Gasteiger partial charge < -0.3 is 38.9 Å². The molecule has 14 nitrogen and oxygen atoms in total. The van der Waals surface area contributed by atoms with Crippen LogP contribution in [0.1, 0.15) is 68.4 Å². The van der Waals surface area contributed by atoms with Crippen LogP contribution < -0.4 is 9.47 Å². The summed E-state index contributed by atoms with van der Waals surface area (Å²) in [6.07, 6.45) is 10.3. The van der Waals surface area contributed by atoms with Gasteiger partial charge in [0.1, 0.15) is 30.8 Å². The van der Waals surface area contributed by atoms with Crippen molar-refractivity contribution in [2.45, 2.75) is 75.7 Å². The largest absolute Gasteiger partial charge is 0.492 e. The Morgan fingerprint density at radius 3 is 2.52 bits per heavy atom. The number of hydrogen-bond acceptors (Lipinski definition) is 12. The smallest absolute Gasteiger partial charge is 0.409 e. The van der Waals surface area contributed by atoms with Gasteiger partial charge in [0.25, 0.3) is 5.69 Å². The van der Waals surface area contributed by atoms with Crippen LogP contribution in [0.15, 0.2) is 84.6 Å². The summed E-state index contributed by atoms with van der Waals surface area (Å²) in [5, 5.41) is 35.8. The Kier molecular flexibility index (Phi) is 15.0. The molecule has 2 aromatic rings. The van der Waals surface area contributed by atoms with Gasteiger partial charge >= 0.3 is 6.09 Å². The summed E-state index contributed by atoms with van der Waals surface area (Å²) in [4.78, 5) is 34.6. The Morgan fingerprint density at radius 2 is 1.83 bits per heavy atom. The van der Waals surface area contributed by atoms with E-state index in [1.54, 1.807) is 31.3 Å². The first kappa shape index (κ1) is 42.8. The molecule has 314 valence electrons. The number of nitro groups is 1. The van der Waals surface area contributed by atoms with Gasteiger partial charge in [-0.2, -0.15) is 0 Å². The standard InChI is InChI=1S/C44H58N4O10/c1-4-6-25-55-43(51)46(3)40-29-38(45-57-30-31-13-15-33(16-14-31)48(52)53)36-27-32(11-7-9-22-49)35(12-8-10-23-50)41-37-28-34(54-26-21-47-19-20-47)17-18-39(37)58-44(40,42(36)41)56-24-5-2/h4-5,13-18,27-28,32,35,40-42,49-50H,1-2,6-12,19-26,29-30H2,3H3. The van der Waals surface area contributed by atoms with Crippen molar-refractivity contribution in [3.8, 4) is 11.5 Å². The Bertz CT molecular complexity index is 1800. The topological polar surface area (TPSA) is 165 Å². The van der Waals surface area contributed by atoms with Crippen LogP contribution in [0, 0.1) is 27.9 Å². The second-order valence-corrected chi connectivity index (χ2v) is 15.5. The molecule has 14 heteroatoms. The molecule has 6 unspecified atom stereocenters. The van der Waals surface area contributed by atoms with Crippen LogP contribution in [0.2, 0.25) is 0 Å². The molecular weight excluding hydrogens is 745 g/mol. The van der Waals surface area contributed by atoms with E-state index in [1.165, 1.54) is 17.0 Å². The predicted molar refractivity (Wildman–Crippen MR) is 219 cm³/mol. The molecule has 2 aromatic carbocycles. The summed E-state index contributed by atoms with van der Waals surface area (Å²) in [5.74, 6) is -0.587. The van der Waals surface area contributed by atoms with Crippen LogP contribution in [-0.2, 0) is 20.9 Å². The molecule has 4 aliphatic rings. The lowest BCUT2D eigenvalue weighted by Gasteiger charge is -2.59. The molecule has 2 heterocycles. The average Bonchev–Trinajstić information content (AvgIpc) is 4.06. The highest BCUT2D eigenvalue weighted by Crippen LogP contribution is 2.61. The molecule has 2 fully saturated rings. The molecule has 0 radical (unpaired) electrons. The molecule has 6 rings (SSSR count). The molecule has 2 aliphatic heterocycles. The van der Waals surface area contributed by atoms with E-state index in [4.69, 9.17) is 28.9 Å². The van der Waals surface area contributed by atoms with Gasteiger partial charge in [0.2, 0.25) is 5.79 Å². The molecule has 0 aromatic heterocycles. The maximum Gasteiger partial charge on any atom is 0.409 e. The summed E-state index contributed by atoms with van der Waals surface area (Å²) < 4.78 is 26.1. The minimum Gasteiger partial charge on any atom is -0.492 e. The first-order valence-electron chi connectivity index (χ1n) is 20.5. The van der Waals surface area contributed by atoms with Crippen LogP contribution >= 0.6 is 0 Å². The van der Waals surface area contributed by atoms with Crippen LogP contribution in [-0.4, -0.2) is 108 Å². The number of hydrogen-bond donors (Lipinski definition) is 2. The molecule has 58 heavy (non-hydrogen) atoms. The Hall–Kier alpha value is -4.76. The Balaban J connectivity index is 1.49. The number of nitrogens with zero attached hydrogens (tertiary/aromatic N) is 4. The number of rotatable bonds is 23. The number of amides is 1. The molecule has 6 atom stereocenters. The fourth-order valence-corrected chi connectivity index (χ4v) is 8.76. The van der Waals surface area contributed by atoms with Gasteiger partial charge in [0.15, 0.2) is 0 Å². The predicted octanol–water partition coefficient (Wildman–Crippen LogP) is 6.77. The van der Waals surface area contributed by atoms with E-state index < -0.39 is 28.8 Å². The number of ether oxygens (including phenoxy) is 4. The van der Waals surface area contributed by atoms with Crippen molar-refractivity contribution in [3.05, 3.63) is 101 Å². The highest BCUT2D eigenvalue weighted by molar-refractivity contribution is 6.02. The first-order valence-corrected chi connectivity index (χ1v) is 20.5. The van der Waals surface area contributed by atoms with Gasteiger partial charge in [-0.05, 0) is 85.4 Å². The zero-order valence-electron chi connectivity index (χ0n) is 33.5. The monoisotopic (exact) mass is 802 g/mol. The Labute approximate surface area is 340 Å². The molecule has 0 spiro atoms. The molecule has 1 saturated heterocycles. The summed E-state index contributed by atoms with van der Waals surface area (Å²) in [6.45, 7) is 11.8. The van der Waals surface area contributed by atoms with E-state index in [9.17, 15) is 25.1 Å². The van der Waals surface area contributed by atoms with Crippen molar-refractivity contribution in [3.63, 3.8) is 0 Å². The van der Waals surface area contributed by atoms with Crippen molar-refractivity contribution >= 4 is 17.5 Å². The van der Waals surface area contributed by atoms with Gasteiger partial charge in [0.05, 0.1) is 29.8 Å². The molecule has 2 N–H and O–H groups in total. The zero-order valence-corrected chi connectivity index (χ0v) is 33.5. The SMILES string of the molecule is C=CCCOC(=O)N(C)C1CC(=NOCc2ccc([N+](=O)[O-])cc2)C2=CC(CCCCO)C(CCCCO)C3c4cc(OCCN5CC5)ccc4OC1(OCC=C)C23. The fourth-order valence-electron chi connectivity index (χ4n) is 8.76. The van der Waals surface area contributed by atoms with E-state index in [1.807, 2.05) is 12.1 Å². The number of non-ortho nitro benzene ring substituents is 1. The maximum atomic E-state index is 13.9. The zero-order chi connectivity index (χ0) is 41.1. The number of oxime groups is 1. The number of likely N-dealkylation sites (N-methyl/N-ethyl adjacent to an activating group) is 1. The second kappa shape index (κ2) is 20.3. The van der Waals surface area contributed by atoms with E-state index in [-0.39, 0.29) is 62.9 Å². The van der Waals surface area contributed by atoms with E-state index >= 15 is 0 Å². The molecule has 2 aliphatic carbocycles. The van der Waals surface area contributed by atoms with Crippen LogP contribution in [0.25, 0.3) is 0 Å². The first-order chi connectivity index (χ1) is 28.2. The molecule has 1 saturated carbocycles. The van der Waals surface area contributed by atoms with Crippen molar-refractivity contribution in [1.82, 2.24) is 9.80 Å². The minimum atomic E-state index is -1.41. The van der Waals surface area contributed by atoms with Crippen molar-refractivity contribution in [1.29, 1.82) is 0 Å². The second-order valence-electron chi connectivity index (χ2n) is 15.5. The molecule has 1 amide bonds. The van der Waals surface area contributed by atoms with E-state index in [0.717, 1.165) is 62.2 Å². The molecular formula is C44H58N4O10. The number of unbranched alkanes of at least 4 members (excludes halogenated alkanes) is 2. The highest BCUT2D eigenvalue weighted by Gasteiger charge is 2.65. The van der Waals surface area contributed by atoms with Crippen LogP contribution in [0.4, 0.5) is 10.5 Å². The summed E-state index contributed by atoms with van der Waals surface area (Å²) >= 11 is 0. The van der Waals surface area contributed by atoms with Gasteiger partial charge in [-0.3, -0.25) is 15.0 Å². The number of aliphatic hydroxyl groups excluding tert-OH is 2. The number of benzene rings is 2. The third-order valence-electron chi connectivity index (χ3n) is 11.7. The van der Waals surface area contributed by atoms with Crippen molar-refractivity contribution in [2.24, 2.45) is 22.9 Å². The molecule has 0 bridgehead atoms. The Morgan fingerprint density at radius 1 is 1.07 bits per heavy atom. The number of fused-ring (bicyclic) bond motifs is 2. The number of allylic oxidation sites excluding steroid dienone is 1. The number of aliphatic hydroxyl groups is 2. The van der Waals surface area contributed by atoms with Crippen LogP contribution in [0.5, 0.6) is 11.5 Å². The van der Waals surface area contributed by atoms with Gasteiger partial charge in [-0.25, -0.2) is 4.79 Å². The lowest BCUT2D eigenvalue weighted by Crippen LogP contribution is -2.69. The van der Waals surface area contributed by atoms with E-state index in [2.05, 4.69) is 30.2 Å². The van der Waals surface area contributed by atoms with Gasteiger partial charge in [0, 0.05) is 69.9 Å². The van der Waals surface area contributed by atoms with Crippen LogP contribution in [0.3, 0.4) is 0 Å². The highest BCUT2D eigenvalue weighted by atomic mass is 16.7. The number of nitro benzene ring substituents is 1.